The lowest BCUT2D eigenvalue weighted by Crippen LogP contribution is -2.51. The van der Waals surface area contributed by atoms with Gasteiger partial charge in [0.1, 0.15) is 6.54 Å². The first kappa shape index (κ1) is 13.4. The van der Waals surface area contributed by atoms with E-state index in [1.165, 1.54) is 0 Å². The van der Waals surface area contributed by atoms with Crippen LogP contribution in [-0.2, 0) is 16.1 Å². The van der Waals surface area contributed by atoms with Gasteiger partial charge in [-0.25, -0.2) is 4.79 Å². The summed E-state index contributed by atoms with van der Waals surface area (Å²) >= 11 is 0. The third kappa shape index (κ3) is 3.46. The highest BCUT2D eigenvalue weighted by Gasteiger charge is 2.24. The largest absolute Gasteiger partial charge is 0.450 e. The molecule has 0 spiro atoms. The van der Waals surface area contributed by atoms with Gasteiger partial charge < -0.3 is 14.5 Å². The Morgan fingerprint density at radius 1 is 1.21 bits per heavy atom. The van der Waals surface area contributed by atoms with E-state index in [4.69, 9.17) is 4.74 Å². The highest BCUT2D eigenvalue weighted by molar-refractivity contribution is 5.76. The molecule has 1 saturated heterocycles. The molecule has 2 rings (SSSR count). The summed E-state index contributed by atoms with van der Waals surface area (Å²) in [5.74, 6) is 0.0206. The fraction of sp³-hybridized carbons (Fsp3) is 0.583. The molecule has 1 aromatic rings. The molecular weight excluding hydrogens is 248 g/mol. The van der Waals surface area contributed by atoms with Crippen molar-refractivity contribution in [3.8, 4) is 0 Å². The summed E-state index contributed by atoms with van der Waals surface area (Å²) < 4.78 is 6.53. The summed E-state index contributed by atoms with van der Waals surface area (Å²) in [5, 5.41) is 4.00. The number of rotatable bonds is 3. The zero-order chi connectivity index (χ0) is 13.7. The number of nitrogens with zero attached hydrogens (tertiary/aromatic N) is 4. The average Bonchev–Trinajstić information content (AvgIpc) is 2.92. The third-order valence-corrected chi connectivity index (χ3v) is 3.01. The van der Waals surface area contributed by atoms with Crippen molar-refractivity contribution in [1.29, 1.82) is 0 Å². The lowest BCUT2D eigenvalue weighted by atomic mass is 10.3. The van der Waals surface area contributed by atoms with E-state index in [2.05, 4.69) is 5.10 Å². The van der Waals surface area contributed by atoms with Gasteiger partial charge in [-0.3, -0.25) is 9.48 Å². The topological polar surface area (TPSA) is 67.7 Å². The number of ether oxygens (including phenoxy) is 1. The van der Waals surface area contributed by atoms with Crippen molar-refractivity contribution in [3.63, 3.8) is 0 Å². The molecule has 0 saturated carbocycles. The van der Waals surface area contributed by atoms with Crippen LogP contribution in [0, 0.1) is 0 Å². The molecule has 0 aromatic carbocycles. The molecule has 0 N–H and O–H groups in total. The van der Waals surface area contributed by atoms with Crippen molar-refractivity contribution in [3.05, 3.63) is 18.5 Å². The van der Waals surface area contributed by atoms with Gasteiger partial charge in [0.25, 0.3) is 0 Å². The van der Waals surface area contributed by atoms with Gasteiger partial charge in [0.05, 0.1) is 6.61 Å². The summed E-state index contributed by atoms with van der Waals surface area (Å²) in [6.45, 7) is 4.51. The molecule has 1 aliphatic rings. The van der Waals surface area contributed by atoms with Crippen LogP contribution >= 0.6 is 0 Å². The van der Waals surface area contributed by atoms with Gasteiger partial charge in [-0.2, -0.15) is 5.10 Å². The van der Waals surface area contributed by atoms with Crippen molar-refractivity contribution in [2.75, 3.05) is 32.8 Å². The Balaban J connectivity index is 1.79. The maximum absolute atomic E-state index is 12.0. The van der Waals surface area contributed by atoms with Gasteiger partial charge in [-0.05, 0) is 13.0 Å². The normalized spacial score (nSPS) is 15.4. The molecule has 19 heavy (non-hydrogen) atoms. The van der Waals surface area contributed by atoms with E-state index >= 15 is 0 Å². The molecule has 0 atom stereocenters. The second kappa shape index (κ2) is 6.21. The number of hydrogen-bond acceptors (Lipinski definition) is 4. The highest BCUT2D eigenvalue weighted by atomic mass is 16.6. The van der Waals surface area contributed by atoms with Crippen molar-refractivity contribution in [1.82, 2.24) is 19.6 Å². The van der Waals surface area contributed by atoms with E-state index in [0.29, 0.717) is 32.8 Å². The molecule has 0 radical (unpaired) electrons. The zero-order valence-electron chi connectivity index (χ0n) is 11.0. The Bertz CT molecular complexity index is 424. The predicted octanol–water partition coefficient (Wildman–Crippen LogP) is 0.184. The summed E-state index contributed by atoms with van der Waals surface area (Å²) in [5.41, 5.74) is 0. The van der Waals surface area contributed by atoms with E-state index < -0.39 is 0 Å². The first-order chi connectivity index (χ1) is 9.20. The summed E-state index contributed by atoms with van der Waals surface area (Å²) in [4.78, 5) is 26.9. The third-order valence-electron chi connectivity index (χ3n) is 3.01. The van der Waals surface area contributed by atoms with E-state index in [9.17, 15) is 9.59 Å². The molecule has 7 heteroatoms. The maximum Gasteiger partial charge on any atom is 0.409 e. The smallest absolute Gasteiger partial charge is 0.409 e. The van der Waals surface area contributed by atoms with E-state index in [1.807, 2.05) is 0 Å². The first-order valence-electron chi connectivity index (χ1n) is 6.37. The number of amides is 2. The van der Waals surface area contributed by atoms with Crippen LogP contribution in [0.1, 0.15) is 6.92 Å². The van der Waals surface area contributed by atoms with E-state index in [1.54, 1.807) is 39.9 Å². The molecule has 2 amide bonds. The second-order valence-electron chi connectivity index (χ2n) is 4.27. The second-order valence-corrected chi connectivity index (χ2v) is 4.27. The Labute approximate surface area is 111 Å². The van der Waals surface area contributed by atoms with Crippen LogP contribution in [0.25, 0.3) is 0 Å². The fourth-order valence-corrected chi connectivity index (χ4v) is 1.99. The highest BCUT2D eigenvalue weighted by Crippen LogP contribution is 2.05. The van der Waals surface area contributed by atoms with Crippen LogP contribution < -0.4 is 0 Å². The number of piperazine rings is 1. The van der Waals surface area contributed by atoms with Gasteiger partial charge in [-0.1, -0.05) is 0 Å². The van der Waals surface area contributed by atoms with Gasteiger partial charge in [0.2, 0.25) is 5.91 Å². The van der Waals surface area contributed by atoms with E-state index in [0.717, 1.165) is 0 Å². The Kier molecular flexibility index (Phi) is 4.38. The van der Waals surface area contributed by atoms with Crippen molar-refractivity contribution < 1.29 is 14.3 Å². The monoisotopic (exact) mass is 266 g/mol. The molecule has 1 aliphatic heterocycles. The van der Waals surface area contributed by atoms with Crippen molar-refractivity contribution >= 4 is 12.0 Å². The quantitative estimate of drug-likeness (QED) is 0.783. The van der Waals surface area contributed by atoms with Gasteiger partial charge in [-0.15, -0.1) is 0 Å². The van der Waals surface area contributed by atoms with Gasteiger partial charge in [0, 0.05) is 38.6 Å². The van der Waals surface area contributed by atoms with Crippen LogP contribution in [0.3, 0.4) is 0 Å². The molecule has 104 valence electrons. The number of aromatic nitrogens is 2. The first-order valence-corrected chi connectivity index (χ1v) is 6.37. The van der Waals surface area contributed by atoms with Crippen LogP contribution in [0.4, 0.5) is 4.79 Å². The summed E-state index contributed by atoms with van der Waals surface area (Å²) in [7, 11) is 0. The van der Waals surface area contributed by atoms with Crippen molar-refractivity contribution in [2.45, 2.75) is 13.5 Å². The summed E-state index contributed by atoms with van der Waals surface area (Å²) in [6.07, 6.45) is 3.10. The average molecular weight is 266 g/mol. The SMILES string of the molecule is CCOC(=O)N1CCN(C(=O)Cn2cccn2)CC1. The standard InChI is InChI=1S/C12H18N4O3/c1-2-19-12(18)15-8-6-14(7-9-15)11(17)10-16-5-3-4-13-16/h3-5H,2,6-10H2,1H3. The maximum atomic E-state index is 12.0. The van der Waals surface area contributed by atoms with Crippen LogP contribution in [-0.4, -0.2) is 64.4 Å². The molecular formula is C12H18N4O3. The fourth-order valence-electron chi connectivity index (χ4n) is 1.99. The lowest BCUT2D eigenvalue weighted by molar-refractivity contribution is -0.133. The van der Waals surface area contributed by atoms with Crippen LogP contribution in [0.5, 0.6) is 0 Å². The predicted molar refractivity (Wildman–Crippen MR) is 67.4 cm³/mol. The molecule has 0 unspecified atom stereocenters. The van der Waals surface area contributed by atoms with Crippen LogP contribution in [0.15, 0.2) is 18.5 Å². The minimum absolute atomic E-state index is 0.0206. The van der Waals surface area contributed by atoms with Gasteiger partial charge in [0.15, 0.2) is 0 Å². The van der Waals surface area contributed by atoms with Crippen molar-refractivity contribution in [2.24, 2.45) is 0 Å². The number of carbonyl (C=O) groups excluding carboxylic acids is 2. The minimum atomic E-state index is -0.304. The molecule has 7 nitrogen and oxygen atoms in total. The molecule has 1 aromatic heterocycles. The Hall–Kier alpha value is -2.05. The number of hydrogen-bond donors (Lipinski definition) is 0. The Morgan fingerprint density at radius 3 is 2.47 bits per heavy atom. The Morgan fingerprint density at radius 2 is 1.89 bits per heavy atom. The minimum Gasteiger partial charge on any atom is -0.450 e. The molecule has 0 bridgehead atoms. The van der Waals surface area contributed by atoms with Crippen LogP contribution in [0.2, 0.25) is 0 Å². The van der Waals surface area contributed by atoms with E-state index in [-0.39, 0.29) is 18.5 Å². The van der Waals surface area contributed by atoms with Gasteiger partial charge >= 0.3 is 6.09 Å². The number of carbonyl (C=O) groups is 2. The molecule has 0 aliphatic carbocycles. The zero-order valence-corrected chi connectivity index (χ0v) is 11.0. The lowest BCUT2D eigenvalue weighted by Gasteiger charge is -2.34. The summed E-state index contributed by atoms with van der Waals surface area (Å²) in [6, 6.07) is 1.78. The molecule has 1 fully saturated rings. The molecule has 2 heterocycles.